The van der Waals surface area contributed by atoms with Crippen LogP contribution in [0.25, 0.3) is 0 Å². The van der Waals surface area contributed by atoms with Crippen LogP contribution in [-0.4, -0.2) is 17.6 Å². The monoisotopic (exact) mass is 256 g/mol. The van der Waals surface area contributed by atoms with Crippen LogP contribution in [0.3, 0.4) is 0 Å². The number of nitrogens with two attached hydrogens (primary N) is 1. The Bertz CT molecular complexity index is 445. The van der Waals surface area contributed by atoms with Crippen LogP contribution in [0.15, 0.2) is 0 Å². The lowest BCUT2D eigenvalue weighted by molar-refractivity contribution is 0.0458. The molecule has 0 aliphatic heterocycles. The first-order chi connectivity index (χ1) is 7.84. The molecule has 0 amide bonds. The lowest BCUT2D eigenvalue weighted by Gasteiger charge is -2.12. The fourth-order valence-electron chi connectivity index (χ4n) is 1.33. The van der Waals surface area contributed by atoms with Gasteiger partial charge in [-0.05, 0) is 30.9 Å². The van der Waals surface area contributed by atoms with Crippen molar-refractivity contribution in [2.45, 2.75) is 27.7 Å². The number of esters is 1. The van der Waals surface area contributed by atoms with Gasteiger partial charge >= 0.3 is 5.97 Å². The van der Waals surface area contributed by atoms with Crippen LogP contribution in [0.5, 0.6) is 0 Å². The molecule has 0 fully saturated rings. The average molecular weight is 257 g/mol. The molecule has 2 N–H and O–H groups in total. The van der Waals surface area contributed by atoms with E-state index in [-0.39, 0.29) is 11.1 Å². The summed E-state index contributed by atoms with van der Waals surface area (Å²) in [5, 5.41) is 0.0966. The normalized spacial score (nSPS) is 10.7. The number of ether oxygens (including phenoxy) is 1. The summed E-state index contributed by atoms with van der Waals surface area (Å²) in [4.78, 5) is 15.8. The molecule has 0 saturated carbocycles. The van der Waals surface area contributed by atoms with Gasteiger partial charge in [0.15, 0.2) is 0 Å². The first kappa shape index (κ1) is 13.8. The maximum absolute atomic E-state index is 11.9. The van der Waals surface area contributed by atoms with Crippen molar-refractivity contribution in [3.63, 3.8) is 0 Å². The van der Waals surface area contributed by atoms with E-state index >= 15 is 0 Å². The zero-order valence-electron chi connectivity index (χ0n) is 10.5. The second kappa shape index (κ2) is 5.36. The Morgan fingerprint density at radius 2 is 2.00 bits per heavy atom. The molecule has 0 spiro atoms. The molecule has 1 heterocycles. The Kier molecular flexibility index (Phi) is 4.34. The molecule has 0 bridgehead atoms. The van der Waals surface area contributed by atoms with Gasteiger partial charge < -0.3 is 10.5 Å². The second-order valence-electron chi connectivity index (χ2n) is 4.41. The number of rotatable bonds is 3. The molecule has 0 atom stereocenters. The summed E-state index contributed by atoms with van der Waals surface area (Å²) >= 11 is 5.93. The van der Waals surface area contributed by atoms with Crippen molar-refractivity contribution in [1.29, 1.82) is 0 Å². The predicted octanol–water partition coefficient (Wildman–Crippen LogP) is 2.75. The molecular weight excluding hydrogens is 240 g/mol. The van der Waals surface area contributed by atoms with Crippen molar-refractivity contribution in [2.75, 3.05) is 12.3 Å². The number of hydrogen-bond acceptors (Lipinski definition) is 4. The fourth-order valence-corrected chi connectivity index (χ4v) is 1.64. The van der Waals surface area contributed by atoms with Crippen LogP contribution in [-0.2, 0) is 4.74 Å². The minimum Gasteiger partial charge on any atom is -0.462 e. The van der Waals surface area contributed by atoms with Crippen molar-refractivity contribution in [1.82, 2.24) is 4.98 Å². The lowest BCUT2D eigenvalue weighted by atomic mass is 10.1. The topological polar surface area (TPSA) is 65.2 Å². The molecule has 94 valence electrons. The van der Waals surface area contributed by atoms with Gasteiger partial charge in [0.1, 0.15) is 16.5 Å². The quantitative estimate of drug-likeness (QED) is 0.667. The molecule has 1 aromatic rings. The van der Waals surface area contributed by atoms with Crippen LogP contribution in [0.4, 0.5) is 5.82 Å². The average Bonchev–Trinajstić information content (AvgIpc) is 2.23. The second-order valence-corrected chi connectivity index (χ2v) is 4.76. The van der Waals surface area contributed by atoms with Crippen molar-refractivity contribution in [3.8, 4) is 0 Å². The Balaban J connectivity index is 3.06. The van der Waals surface area contributed by atoms with Gasteiger partial charge in [-0.25, -0.2) is 9.78 Å². The van der Waals surface area contributed by atoms with Gasteiger partial charge in [-0.15, -0.1) is 0 Å². The molecule has 0 aliphatic carbocycles. The highest BCUT2D eigenvalue weighted by Crippen LogP contribution is 2.25. The summed E-state index contributed by atoms with van der Waals surface area (Å²) in [6, 6.07) is 0. The fraction of sp³-hybridized carbons (Fsp3) is 0.500. The zero-order chi connectivity index (χ0) is 13.2. The number of hydrogen-bond donors (Lipinski definition) is 1. The van der Waals surface area contributed by atoms with E-state index in [1.165, 1.54) is 0 Å². The first-order valence-electron chi connectivity index (χ1n) is 5.43. The van der Waals surface area contributed by atoms with E-state index < -0.39 is 5.97 Å². The summed E-state index contributed by atoms with van der Waals surface area (Å²) in [6.45, 7) is 7.87. The predicted molar refractivity (Wildman–Crippen MR) is 68.3 cm³/mol. The summed E-state index contributed by atoms with van der Waals surface area (Å²) < 4.78 is 5.14. The molecule has 1 aromatic heterocycles. The number of anilines is 1. The Morgan fingerprint density at radius 3 is 2.53 bits per heavy atom. The number of pyridine rings is 1. The van der Waals surface area contributed by atoms with E-state index in [1.54, 1.807) is 13.8 Å². The van der Waals surface area contributed by atoms with Crippen molar-refractivity contribution in [2.24, 2.45) is 5.92 Å². The smallest absolute Gasteiger partial charge is 0.341 e. The minimum absolute atomic E-state index is 0.0966. The number of nitrogens with zero attached hydrogens (tertiary/aromatic N) is 1. The van der Waals surface area contributed by atoms with Crippen molar-refractivity contribution in [3.05, 3.63) is 21.8 Å². The van der Waals surface area contributed by atoms with E-state index in [4.69, 9.17) is 22.1 Å². The summed E-state index contributed by atoms with van der Waals surface area (Å²) in [7, 11) is 0. The number of nitrogen functional groups attached to an aromatic ring is 1. The molecule has 0 saturated heterocycles. The van der Waals surface area contributed by atoms with Crippen molar-refractivity contribution < 1.29 is 9.53 Å². The molecular formula is C12H17ClN2O2. The van der Waals surface area contributed by atoms with E-state index in [0.717, 1.165) is 11.1 Å². The number of carbonyl (C=O) groups excluding carboxylic acids is 1. The molecule has 1 rings (SSSR count). The maximum Gasteiger partial charge on any atom is 0.341 e. The maximum atomic E-state index is 11.9. The van der Waals surface area contributed by atoms with Crippen LogP contribution in [0, 0.1) is 19.8 Å². The summed E-state index contributed by atoms with van der Waals surface area (Å²) in [5.41, 5.74) is 7.44. The van der Waals surface area contributed by atoms with Crippen molar-refractivity contribution >= 4 is 23.4 Å². The minimum atomic E-state index is -0.447. The number of halogens is 1. The van der Waals surface area contributed by atoms with E-state index in [1.807, 2.05) is 13.8 Å². The Labute approximate surface area is 106 Å². The SMILES string of the molecule is Cc1c(N)nc(Cl)c(C(=O)OCC(C)C)c1C. The van der Waals surface area contributed by atoms with E-state index in [9.17, 15) is 4.79 Å². The third-order valence-electron chi connectivity index (χ3n) is 2.50. The number of aromatic nitrogens is 1. The molecule has 0 radical (unpaired) electrons. The molecule has 0 aromatic carbocycles. The molecule has 0 aliphatic rings. The lowest BCUT2D eigenvalue weighted by Crippen LogP contribution is -2.14. The van der Waals surface area contributed by atoms with Gasteiger partial charge in [0.05, 0.1) is 6.61 Å². The largest absolute Gasteiger partial charge is 0.462 e. The standard InChI is InChI=1S/C12H17ClN2O2/c1-6(2)5-17-12(16)9-7(3)8(4)11(14)15-10(9)13/h6H,5H2,1-4H3,(H2,14,15). The third kappa shape index (κ3) is 3.09. The van der Waals surface area contributed by atoms with Crippen LogP contribution in [0.2, 0.25) is 5.15 Å². The van der Waals surface area contributed by atoms with Gasteiger partial charge in [-0.2, -0.15) is 0 Å². The van der Waals surface area contributed by atoms with Crippen LogP contribution in [0.1, 0.15) is 35.3 Å². The zero-order valence-corrected chi connectivity index (χ0v) is 11.3. The van der Waals surface area contributed by atoms with Gasteiger partial charge in [-0.1, -0.05) is 25.4 Å². The first-order valence-corrected chi connectivity index (χ1v) is 5.81. The van der Waals surface area contributed by atoms with Gasteiger partial charge in [0.2, 0.25) is 0 Å². The van der Waals surface area contributed by atoms with Gasteiger partial charge in [-0.3, -0.25) is 0 Å². The van der Waals surface area contributed by atoms with Crippen LogP contribution >= 0.6 is 11.6 Å². The van der Waals surface area contributed by atoms with E-state index in [2.05, 4.69) is 4.98 Å². The highest BCUT2D eigenvalue weighted by Gasteiger charge is 2.19. The van der Waals surface area contributed by atoms with Gasteiger partial charge in [0, 0.05) is 0 Å². The third-order valence-corrected chi connectivity index (χ3v) is 2.77. The summed E-state index contributed by atoms with van der Waals surface area (Å²) in [5.74, 6) is 0.172. The highest BCUT2D eigenvalue weighted by atomic mass is 35.5. The molecule has 4 nitrogen and oxygen atoms in total. The van der Waals surface area contributed by atoms with E-state index in [0.29, 0.717) is 18.0 Å². The molecule has 5 heteroatoms. The van der Waals surface area contributed by atoms with Crippen LogP contribution < -0.4 is 5.73 Å². The molecule has 0 unspecified atom stereocenters. The van der Waals surface area contributed by atoms with Gasteiger partial charge in [0.25, 0.3) is 0 Å². The molecule has 17 heavy (non-hydrogen) atoms. The summed E-state index contributed by atoms with van der Waals surface area (Å²) in [6.07, 6.45) is 0. The Morgan fingerprint density at radius 1 is 1.41 bits per heavy atom. The number of carbonyl (C=O) groups is 1. The highest BCUT2D eigenvalue weighted by molar-refractivity contribution is 6.32. The Hall–Kier alpha value is -1.29.